The van der Waals surface area contributed by atoms with Crippen LogP contribution in [0.5, 0.6) is 0 Å². The van der Waals surface area contributed by atoms with Gasteiger partial charge >= 0.3 is 5.97 Å². The number of anilines is 1. The van der Waals surface area contributed by atoms with E-state index in [0.717, 1.165) is 0 Å². The van der Waals surface area contributed by atoms with Gasteiger partial charge in [0.25, 0.3) is 0 Å². The second-order valence-corrected chi connectivity index (χ2v) is 6.33. The van der Waals surface area contributed by atoms with Crippen molar-refractivity contribution in [1.29, 1.82) is 0 Å². The fourth-order valence-corrected chi connectivity index (χ4v) is 2.25. The summed E-state index contributed by atoms with van der Waals surface area (Å²) in [6.45, 7) is 5.06. The molecule has 0 radical (unpaired) electrons. The van der Waals surface area contributed by atoms with E-state index in [4.69, 9.17) is 16.3 Å². The van der Waals surface area contributed by atoms with E-state index in [1.54, 1.807) is 44.2 Å². The number of nitrogens with one attached hydrogen (secondary N) is 1. The summed E-state index contributed by atoms with van der Waals surface area (Å²) < 4.78 is 5.18. The molecule has 0 aliphatic rings. The summed E-state index contributed by atoms with van der Waals surface area (Å²) in [5.41, 5.74) is 1.05. The van der Waals surface area contributed by atoms with Gasteiger partial charge in [-0.15, -0.1) is 0 Å². The molecule has 0 fully saturated rings. The lowest BCUT2D eigenvalue weighted by atomic mass is 10.1. The number of aromatic nitrogens is 1. The highest BCUT2D eigenvalue weighted by Gasteiger charge is 2.22. The van der Waals surface area contributed by atoms with Gasteiger partial charge in [-0.05, 0) is 43.3 Å². The number of ether oxygens (including phenoxy) is 1. The summed E-state index contributed by atoms with van der Waals surface area (Å²) in [5, 5.41) is 2.76. The average molecular weight is 375 g/mol. The number of benzene rings is 1. The Morgan fingerprint density at radius 1 is 1.08 bits per heavy atom. The van der Waals surface area contributed by atoms with Gasteiger partial charge in [0.15, 0.2) is 6.10 Å². The zero-order valence-corrected chi connectivity index (χ0v) is 15.4. The molecule has 1 N–H and O–H groups in total. The molecule has 0 aliphatic heterocycles. The van der Waals surface area contributed by atoms with Crippen molar-refractivity contribution in [3.8, 4) is 0 Å². The molecule has 2 rings (SSSR count). The van der Waals surface area contributed by atoms with E-state index in [1.165, 1.54) is 19.2 Å². The second-order valence-electron chi connectivity index (χ2n) is 5.97. The smallest absolute Gasteiger partial charge is 0.341 e. The predicted octanol–water partition coefficient (Wildman–Crippen LogP) is 3.76. The SMILES string of the molecule is CC(C)C(=O)Nc1ccc(C(=O)C(C)OC(=O)c2cccnc2Cl)cc1. The van der Waals surface area contributed by atoms with Crippen molar-refractivity contribution < 1.29 is 19.1 Å². The Balaban J connectivity index is 2.03. The van der Waals surface area contributed by atoms with Crippen LogP contribution in [0, 0.1) is 5.92 Å². The molecule has 2 aromatic rings. The van der Waals surface area contributed by atoms with Crippen LogP contribution < -0.4 is 5.32 Å². The standard InChI is InChI=1S/C19H19ClN2O4/c1-11(2)18(24)22-14-8-6-13(7-9-14)16(23)12(3)26-19(25)15-5-4-10-21-17(15)20/h4-12H,1-3H3,(H,22,24). The van der Waals surface area contributed by atoms with E-state index in [1.807, 2.05) is 0 Å². The van der Waals surface area contributed by atoms with Gasteiger partial charge in [0, 0.05) is 23.4 Å². The Morgan fingerprint density at radius 3 is 2.31 bits per heavy atom. The molecule has 136 valence electrons. The minimum Gasteiger partial charge on any atom is -0.451 e. The van der Waals surface area contributed by atoms with E-state index in [0.29, 0.717) is 11.3 Å². The summed E-state index contributed by atoms with van der Waals surface area (Å²) in [4.78, 5) is 40.0. The fraction of sp³-hybridized carbons (Fsp3) is 0.263. The van der Waals surface area contributed by atoms with E-state index in [2.05, 4.69) is 10.3 Å². The van der Waals surface area contributed by atoms with Crippen molar-refractivity contribution in [3.63, 3.8) is 0 Å². The largest absolute Gasteiger partial charge is 0.451 e. The van der Waals surface area contributed by atoms with Crippen LogP contribution in [0.15, 0.2) is 42.6 Å². The summed E-state index contributed by atoms with van der Waals surface area (Å²) >= 11 is 5.85. The summed E-state index contributed by atoms with van der Waals surface area (Å²) in [5.74, 6) is -1.33. The molecule has 1 amide bonds. The third-order valence-corrected chi connectivity index (χ3v) is 3.89. The van der Waals surface area contributed by atoms with Crippen LogP contribution in [0.1, 0.15) is 41.5 Å². The van der Waals surface area contributed by atoms with Gasteiger partial charge in [-0.3, -0.25) is 9.59 Å². The molecule has 7 heteroatoms. The first-order valence-corrected chi connectivity index (χ1v) is 8.44. The quantitative estimate of drug-likeness (QED) is 0.472. The average Bonchev–Trinajstić information content (AvgIpc) is 2.61. The van der Waals surface area contributed by atoms with Crippen LogP contribution >= 0.6 is 11.6 Å². The third-order valence-electron chi connectivity index (χ3n) is 3.59. The Hall–Kier alpha value is -2.73. The number of ketones is 1. The number of esters is 1. The fourth-order valence-electron chi connectivity index (χ4n) is 2.05. The van der Waals surface area contributed by atoms with Gasteiger partial charge in [-0.25, -0.2) is 9.78 Å². The lowest BCUT2D eigenvalue weighted by Crippen LogP contribution is -2.24. The Kier molecular flexibility index (Phi) is 6.46. The van der Waals surface area contributed by atoms with Gasteiger partial charge in [0.05, 0.1) is 5.56 Å². The van der Waals surface area contributed by atoms with Crippen molar-refractivity contribution in [2.45, 2.75) is 26.9 Å². The Morgan fingerprint density at radius 2 is 1.73 bits per heavy atom. The molecule has 0 saturated carbocycles. The highest BCUT2D eigenvalue weighted by atomic mass is 35.5. The van der Waals surface area contributed by atoms with Crippen LogP contribution in [0.2, 0.25) is 5.15 Å². The summed E-state index contributed by atoms with van der Waals surface area (Å²) in [6.07, 6.45) is 0.461. The van der Waals surface area contributed by atoms with Crippen LogP contribution in [0.3, 0.4) is 0 Å². The number of carbonyl (C=O) groups is 3. The highest BCUT2D eigenvalue weighted by Crippen LogP contribution is 2.16. The van der Waals surface area contributed by atoms with Gasteiger partial charge in [0.1, 0.15) is 5.15 Å². The van der Waals surface area contributed by atoms with Gasteiger partial charge in [0.2, 0.25) is 11.7 Å². The number of amides is 1. The van der Waals surface area contributed by atoms with E-state index in [9.17, 15) is 14.4 Å². The van der Waals surface area contributed by atoms with Gasteiger partial charge in [-0.2, -0.15) is 0 Å². The molecule has 26 heavy (non-hydrogen) atoms. The van der Waals surface area contributed by atoms with Crippen LogP contribution in [0.25, 0.3) is 0 Å². The highest BCUT2D eigenvalue weighted by molar-refractivity contribution is 6.32. The molecular formula is C19H19ClN2O4. The minimum atomic E-state index is -0.991. The maximum absolute atomic E-state index is 12.4. The van der Waals surface area contributed by atoms with E-state index >= 15 is 0 Å². The van der Waals surface area contributed by atoms with Crippen LogP contribution in [-0.2, 0) is 9.53 Å². The monoisotopic (exact) mass is 374 g/mol. The summed E-state index contributed by atoms with van der Waals surface area (Å²) in [7, 11) is 0. The number of halogens is 1. The second kappa shape index (κ2) is 8.58. The van der Waals surface area contributed by atoms with Crippen molar-refractivity contribution in [2.24, 2.45) is 5.92 Å². The first-order valence-electron chi connectivity index (χ1n) is 8.06. The lowest BCUT2D eigenvalue weighted by molar-refractivity contribution is -0.118. The lowest BCUT2D eigenvalue weighted by Gasteiger charge is -2.13. The zero-order valence-electron chi connectivity index (χ0n) is 14.7. The summed E-state index contributed by atoms with van der Waals surface area (Å²) in [6, 6.07) is 9.42. The molecule has 1 atom stereocenters. The molecule has 0 spiro atoms. The Labute approximate surface area is 156 Å². The number of hydrogen-bond donors (Lipinski definition) is 1. The molecule has 1 aromatic carbocycles. The van der Waals surface area contributed by atoms with Crippen molar-refractivity contribution >= 4 is 34.9 Å². The first kappa shape index (κ1) is 19.6. The Bertz CT molecular complexity index is 819. The third kappa shape index (κ3) is 4.89. The predicted molar refractivity (Wildman–Crippen MR) is 98.4 cm³/mol. The van der Waals surface area contributed by atoms with Crippen molar-refractivity contribution in [2.75, 3.05) is 5.32 Å². The maximum atomic E-state index is 12.4. The molecule has 1 heterocycles. The van der Waals surface area contributed by atoms with E-state index in [-0.39, 0.29) is 28.3 Å². The normalized spacial score (nSPS) is 11.7. The molecular weight excluding hydrogens is 356 g/mol. The minimum absolute atomic E-state index is 0.0161. The molecule has 0 aliphatic carbocycles. The number of hydrogen-bond acceptors (Lipinski definition) is 5. The topological polar surface area (TPSA) is 85.4 Å². The molecule has 0 saturated heterocycles. The van der Waals surface area contributed by atoms with Crippen LogP contribution in [-0.4, -0.2) is 28.7 Å². The zero-order chi connectivity index (χ0) is 19.3. The van der Waals surface area contributed by atoms with Crippen molar-refractivity contribution in [1.82, 2.24) is 4.98 Å². The maximum Gasteiger partial charge on any atom is 0.341 e. The van der Waals surface area contributed by atoms with Crippen molar-refractivity contribution in [3.05, 3.63) is 58.9 Å². The van der Waals surface area contributed by atoms with Gasteiger partial charge in [-0.1, -0.05) is 25.4 Å². The molecule has 1 unspecified atom stereocenters. The van der Waals surface area contributed by atoms with E-state index < -0.39 is 12.1 Å². The number of rotatable bonds is 6. The van der Waals surface area contributed by atoms with Gasteiger partial charge < -0.3 is 10.1 Å². The number of carbonyl (C=O) groups excluding carboxylic acids is 3. The number of Topliss-reactive ketones (excluding diaryl/α,β-unsaturated/α-hetero) is 1. The number of pyridine rings is 1. The number of nitrogens with zero attached hydrogens (tertiary/aromatic N) is 1. The molecule has 0 bridgehead atoms. The first-order chi connectivity index (χ1) is 12.3. The molecule has 6 nitrogen and oxygen atoms in total. The van der Waals surface area contributed by atoms with Crippen LogP contribution in [0.4, 0.5) is 5.69 Å². The molecule has 1 aromatic heterocycles.